The Morgan fingerprint density at radius 2 is 1.87 bits per heavy atom. The maximum atomic E-state index is 12.8. The molecule has 8 nitrogen and oxygen atoms in total. The molecule has 0 saturated carbocycles. The minimum atomic E-state index is -0.380. The Morgan fingerprint density at radius 1 is 1.16 bits per heavy atom. The zero-order chi connectivity index (χ0) is 22.0. The van der Waals surface area contributed by atoms with Crippen LogP contribution < -0.4 is 19.0 Å². The van der Waals surface area contributed by atoms with Crippen LogP contribution in [0.5, 0.6) is 17.2 Å². The third-order valence-corrected chi connectivity index (χ3v) is 5.66. The van der Waals surface area contributed by atoms with E-state index in [-0.39, 0.29) is 31.2 Å². The van der Waals surface area contributed by atoms with Crippen LogP contribution >= 0.6 is 11.3 Å². The van der Waals surface area contributed by atoms with Gasteiger partial charge < -0.3 is 23.5 Å². The highest BCUT2D eigenvalue weighted by molar-refractivity contribution is 7.16. The number of hydrogen-bond acceptors (Lipinski definition) is 7. The lowest BCUT2D eigenvalue weighted by Crippen LogP contribution is -2.19. The highest BCUT2D eigenvalue weighted by Crippen LogP contribution is 2.37. The monoisotopic (exact) mass is 442 g/mol. The van der Waals surface area contributed by atoms with Crippen molar-refractivity contribution in [3.8, 4) is 17.2 Å². The molecule has 0 fully saturated rings. The number of benzene rings is 2. The summed E-state index contributed by atoms with van der Waals surface area (Å²) in [5.74, 6) is 1.24. The second-order valence-corrected chi connectivity index (χ2v) is 8.15. The number of aryl methyl sites for hydroxylation is 1. The third kappa shape index (κ3) is 4.56. The van der Waals surface area contributed by atoms with Crippen LogP contribution in [0, 0.1) is 0 Å². The quantitative estimate of drug-likeness (QED) is 0.543. The van der Waals surface area contributed by atoms with Gasteiger partial charge in [-0.25, -0.2) is 0 Å². The summed E-state index contributed by atoms with van der Waals surface area (Å²) in [5, 5.41) is 0. The van der Waals surface area contributed by atoms with Crippen molar-refractivity contribution in [2.75, 3.05) is 13.9 Å². The van der Waals surface area contributed by atoms with E-state index in [0.29, 0.717) is 34.2 Å². The van der Waals surface area contributed by atoms with Gasteiger partial charge in [-0.2, -0.15) is 4.99 Å². The number of methoxy groups -OCH3 is 1. The molecule has 1 aliphatic heterocycles. The molecule has 1 aliphatic rings. The van der Waals surface area contributed by atoms with Crippen molar-refractivity contribution in [2.45, 2.75) is 32.9 Å². The fourth-order valence-corrected chi connectivity index (χ4v) is 4.23. The third-order valence-electron chi connectivity index (χ3n) is 4.61. The van der Waals surface area contributed by atoms with Crippen molar-refractivity contribution < 1.29 is 28.5 Å². The van der Waals surface area contributed by atoms with Crippen LogP contribution in [0.3, 0.4) is 0 Å². The molecule has 0 aliphatic carbocycles. The Bertz CT molecular complexity index is 1190. The first-order valence-corrected chi connectivity index (χ1v) is 10.6. The van der Waals surface area contributed by atoms with Crippen LogP contribution in [-0.2, 0) is 16.1 Å². The van der Waals surface area contributed by atoms with Gasteiger partial charge in [-0.1, -0.05) is 11.3 Å². The number of amides is 1. The van der Waals surface area contributed by atoms with Gasteiger partial charge in [0.25, 0.3) is 5.91 Å². The second-order valence-electron chi connectivity index (χ2n) is 7.14. The van der Waals surface area contributed by atoms with Gasteiger partial charge in [0.05, 0.1) is 29.9 Å². The van der Waals surface area contributed by atoms with E-state index in [1.54, 1.807) is 24.3 Å². The van der Waals surface area contributed by atoms with E-state index >= 15 is 0 Å². The number of fused-ring (bicyclic) bond motifs is 2. The van der Waals surface area contributed by atoms with E-state index in [1.807, 2.05) is 30.5 Å². The van der Waals surface area contributed by atoms with Crippen LogP contribution in [0.25, 0.3) is 10.2 Å². The fourth-order valence-electron chi connectivity index (χ4n) is 3.17. The van der Waals surface area contributed by atoms with Crippen LogP contribution in [0.2, 0.25) is 0 Å². The molecule has 31 heavy (non-hydrogen) atoms. The number of rotatable bonds is 6. The molecule has 2 aromatic carbocycles. The van der Waals surface area contributed by atoms with Crippen molar-refractivity contribution in [2.24, 2.45) is 4.99 Å². The lowest BCUT2D eigenvalue weighted by molar-refractivity contribution is -0.140. The molecule has 0 spiro atoms. The summed E-state index contributed by atoms with van der Waals surface area (Å²) in [6.45, 7) is 4.37. The number of thiazole rings is 1. The average Bonchev–Trinajstić information content (AvgIpc) is 3.33. The molecule has 2 heterocycles. The minimum absolute atomic E-state index is 0.0492. The summed E-state index contributed by atoms with van der Waals surface area (Å²) >= 11 is 1.35. The smallest absolute Gasteiger partial charge is 0.307 e. The van der Waals surface area contributed by atoms with Gasteiger partial charge in [0.1, 0.15) is 5.75 Å². The first kappa shape index (κ1) is 20.9. The Labute approximate surface area is 182 Å². The zero-order valence-electron chi connectivity index (χ0n) is 17.4. The molecule has 0 radical (unpaired) electrons. The van der Waals surface area contributed by atoms with Crippen molar-refractivity contribution in [3.63, 3.8) is 0 Å². The molecule has 9 heteroatoms. The Kier molecular flexibility index (Phi) is 5.94. The molecule has 1 aromatic heterocycles. The molecular weight excluding hydrogens is 420 g/mol. The highest BCUT2D eigenvalue weighted by atomic mass is 32.1. The van der Waals surface area contributed by atoms with Crippen molar-refractivity contribution >= 4 is 33.4 Å². The molecule has 1 amide bonds. The zero-order valence-corrected chi connectivity index (χ0v) is 18.2. The predicted octanol–water partition coefficient (Wildman–Crippen LogP) is 3.52. The maximum absolute atomic E-state index is 12.8. The maximum Gasteiger partial charge on any atom is 0.307 e. The summed E-state index contributed by atoms with van der Waals surface area (Å²) in [4.78, 5) is 29.3. The number of carbonyl (C=O) groups is 2. The van der Waals surface area contributed by atoms with Gasteiger partial charge in [0.15, 0.2) is 16.3 Å². The summed E-state index contributed by atoms with van der Waals surface area (Å²) in [7, 11) is 1.35. The van der Waals surface area contributed by atoms with Gasteiger partial charge >= 0.3 is 5.97 Å². The number of hydrogen-bond donors (Lipinski definition) is 0. The number of aromatic nitrogens is 1. The van der Waals surface area contributed by atoms with Crippen molar-refractivity contribution in [3.05, 3.63) is 46.8 Å². The summed E-state index contributed by atoms with van der Waals surface area (Å²) in [6, 6.07) is 10.6. The molecule has 0 bridgehead atoms. The van der Waals surface area contributed by atoms with Gasteiger partial charge in [0, 0.05) is 24.2 Å². The van der Waals surface area contributed by atoms with E-state index in [0.717, 1.165) is 10.2 Å². The Morgan fingerprint density at radius 3 is 2.55 bits per heavy atom. The molecule has 162 valence electrons. The second kappa shape index (κ2) is 8.81. The Balaban J connectivity index is 1.71. The van der Waals surface area contributed by atoms with E-state index < -0.39 is 0 Å². The molecular formula is C22H22N2O6S. The number of ether oxygens (including phenoxy) is 4. The number of esters is 1. The average molecular weight is 442 g/mol. The lowest BCUT2D eigenvalue weighted by atomic mass is 10.2. The van der Waals surface area contributed by atoms with E-state index in [2.05, 4.69) is 4.99 Å². The first-order chi connectivity index (χ1) is 14.9. The largest absolute Gasteiger partial charge is 0.491 e. The molecule has 0 unspecified atom stereocenters. The van der Waals surface area contributed by atoms with Gasteiger partial charge in [-0.15, -0.1) is 0 Å². The molecule has 0 atom stereocenters. The van der Waals surface area contributed by atoms with E-state index in [4.69, 9.17) is 18.9 Å². The Hall–Kier alpha value is -3.33. The predicted molar refractivity (Wildman–Crippen MR) is 115 cm³/mol. The van der Waals surface area contributed by atoms with Crippen LogP contribution in [-0.4, -0.2) is 36.5 Å². The molecule has 0 N–H and O–H groups in total. The topological polar surface area (TPSA) is 88.4 Å². The normalized spacial score (nSPS) is 13.1. The minimum Gasteiger partial charge on any atom is -0.491 e. The highest BCUT2D eigenvalue weighted by Gasteiger charge is 2.18. The number of nitrogens with zero attached hydrogens (tertiary/aromatic N) is 2. The molecule has 0 saturated heterocycles. The van der Waals surface area contributed by atoms with Crippen molar-refractivity contribution in [1.29, 1.82) is 0 Å². The number of carbonyl (C=O) groups excluding carboxylic acids is 2. The summed E-state index contributed by atoms with van der Waals surface area (Å²) in [5.41, 5.74) is 1.26. The summed E-state index contributed by atoms with van der Waals surface area (Å²) in [6.07, 6.45) is 0.201. The van der Waals surface area contributed by atoms with Crippen LogP contribution in [0.15, 0.2) is 41.4 Å². The van der Waals surface area contributed by atoms with Gasteiger partial charge in [0.2, 0.25) is 6.79 Å². The van der Waals surface area contributed by atoms with Gasteiger partial charge in [-0.3, -0.25) is 9.59 Å². The lowest BCUT2D eigenvalue weighted by Gasteiger charge is -2.09. The molecule has 4 rings (SSSR count). The first-order valence-electron chi connectivity index (χ1n) is 9.80. The van der Waals surface area contributed by atoms with Crippen LogP contribution in [0.4, 0.5) is 0 Å². The molecule has 3 aromatic rings. The van der Waals surface area contributed by atoms with E-state index in [1.165, 1.54) is 18.4 Å². The van der Waals surface area contributed by atoms with E-state index in [9.17, 15) is 9.59 Å². The van der Waals surface area contributed by atoms with Crippen molar-refractivity contribution in [1.82, 2.24) is 4.57 Å². The summed E-state index contributed by atoms with van der Waals surface area (Å²) < 4.78 is 24.0. The SMILES string of the molecule is COC(=O)CCn1c(=NC(=O)c2ccc(OC(C)C)cc2)sc2cc3c(cc21)OCO3. The van der Waals surface area contributed by atoms with Crippen LogP contribution in [0.1, 0.15) is 30.6 Å². The fraction of sp³-hybridized carbons (Fsp3) is 0.318. The van der Waals surface area contributed by atoms with Gasteiger partial charge in [-0.05, 0) is 38.1 Å². The standard InChI is InChI=1S/C22H22N2O6S/c1-13(2)30-15-6-4-14(5-7-15)21(26)23-22-24(9-8-20(25)27-3)16-10-17-18(29-12-28-17)11-19(16)31-22/h4-7,10-11,13H,8-9,12H2,1-3H3.